The summed E-state index contributed by atoms with van der Waals surface area (Å²) in [5, 5.41) is 13.6. The van der Waals surface area contributed by atoms with Crippen molar-refractivity contribution in [3.63, 3.8) is 0 Å². The Morgan fingerprint density at radius 2 is 1.95 bits per heavy atom. The molecule has 0 aliphatic rings. The van der Waals surface area contributed by atoms with Crippen molar-refractivity contribution in [3.8, 4) is 16.3 Å². The second kappa shape index (κ2) is 5.31. The number of carboxylic acids is 1. The average Bonchev–Trinajstić information content (AvgIpc) is 3.05. The van der Waals surface area contributed by atoms with Crippen molar-refractivity contribution >= 4 is 28.9 Å². The standard InChI is InChI=1S/C14H8ClFN2O2S/c15-12-6-5-11(21-12)13-10(14(19)20)7-18(17-13)9-3-1-8(16)2-4-9/h1-7H,(H,19,20). The van der Waals surface area contributed by atoms with Crippen LogP contribution in [0.1, 0.15) is 10.4 Å². The van der Waals surface area contributed by atoms with Crippen LogP contribution in [-0.2, 0) is 0 Å². The van der Waals surface area contributed by atoms with E-state index in [1.807, 2.05) is 0 Å². The fraction of sp³-hybridized carbons (Fsp3) is 0. The molecule has 3 aromatic rings. The fourth-order valence-electron chi connectivity index (χ4n) is 1.88. The molecule has 1 N–H and O–H groups in total. The Hall–Kier alpha value is -2.18. The first-order valence-corrected chi connectivity index (χ1v) is 7.08. The van der Waals surface area contributed by atoms with Crippen LogP contribution in [0.2, 0.25) is 4.34 Å². The highest BCUT2D eigenvalue weighted by molar-refractivity contribution is 7.19. The van der Waals surface area contributed by atoms with Crippen LogP contribution in [0.25, 0.3) is 16.3 Å². The molecule has 4 nitrogen and oxygen atoms in total. The number of hydrogen-bond donors (Lipinski definition) is 1. The molecule has 2 heterocycles. The van der Waals surface area contributed by atoms with Gasteiger partial charge in [-0.15, -0.1) is 11.3 Å². The van der Waals surface area contributed by atoms with Crippen LogP contribution in [0.5, 0.6) is 0 Å². The molecular weight excluding hydrogens is 315 g/mol. The number of carbonyl (C=O) groups is 1. The largest absolute Gasteiger partial charge is 0.478 e. The van der Waals surface area contributed by atoms with Gasteiger partial charge in [-0.3, -0.25) is 0 Å². The van der Waals surface area contributed by atoms with E-state index in [1.54, 1.807) is 12.1 Å². The summed E-state index contributed by atoms with van der Waals surface area (Å²) in [7, 11) is 0. The number of halogens is 2. The van der Waals surface area contributed by atoms with Gasteiger partial charge in [-0.2, -0.15) is 5.10 Å². The SMILES string of the molecule is O=C(O)c1cn(-c2ccc(F)cc2)nc1-c1ccc(Cl)s1. The van der Waals surface area contributed by atoms with Gasteiger partial charge in [0.2, 0.25) is 0 Å². The third kappa shape index (κ3) is 2.68. The lowest BCUT2D eigenvalue weighted by Gasteiger charge is -1.99. The Labute approximate surface area is 128 Å². The van der Waals surface area contributed by atoms with Gasteiger partial charge < -0.3 is 5.11 Å². The summed E-state index contributed by atoms with van der Waals surface area (Å²) >= 11 is 7.13. The van der Waals surface area contributed by atoms with Crippen molar-refractivity contribution < 1.29 is 14.3 Å². The number of aromatic nitrogens is 2. The summed E-state index contributed by atoms with van der Waals surface area (Å²) in [5.74, 6) is -1.45. The highest BCUT2D eigenvalue weighted by Gasteiger charge is 2.19. The Morgan fingerprint density at radius 1 is 1.24 bits per heavy atom. The van der Waals surface area contributed by atoms with E-state index in [0.29, 0.717) is 20.6 Å². The molecule has 1 aromatic carbocycles. The maximum atomic E-state index is 12.9. The van der Waals surface area contributed by atoms with Crippen LogP contribution in [-0.4, -0.2) is 20.9 Å². The second-order valence-corrected chi connectivity index (χ2v) is 5.94. The summed E-state index contributed by atoms with van der Waals surface area (Å²) < 4.78 is 14.9. The minimum atomic E-state index is -1.08. The Morgan fingerprint density at radius 3 is 2.52 bits per heavy atom. The molecule has 0 aliphatic heterocycles. The van der Waals surface area contributed by atoms with Crippen molar-refractivity contribution in [1.29, 1.82) is 0 Å². The van der Waals surface area contributed by atoms with Gasteiger partial charge in [0.25, 0.3) is 0 Å². The van der Waals surface area contributed by atoms with Gasteiger partial charge in [0.15, 0.2) is 0 Å². The summed E-state index contributed by atoms with van der Waals surface area (Å²) in [4.78, 5) is 12.0. The molecular formula is C14H8ClFN2O2S. The van der Waals surface area contributed by atoms with E-state index < -0.39 is 5.97 Å². The normalized spacial score (nSPS) is 10.8. The third-order valence-corrected chi connectivity index (χ3v) is 4.08. The highest BCUT2D eigenvalue weighted by atomic mass is 35.5. The lowest BCUT2D eigenvalue weighted by atomic mass is 10.2. The monoisotopic (exact) mass is 322 g/mol. The van der Waals surface area contributed by atoms with Crippen LogP contribution < -0.4 is 0 Å². The Bertz CT molecular complexity index is 811. The molecule has 0 amide bonds. The molecule has 7 heteroatoms. The molecule has 2 aromatic heterocycles. The lowest BCUT2D eigenvalue weighted by molar-refractivity contribution is 0.0697. The van der Waals surface area contributed by atoms with E-state index in [9.17, 15) is 14.3 Å². The number of carboxylic acid groups (broad SMARTS) is 1. The topological polar surface area (TPSA) is 55.1 Å². The van der Waals surface area contributed by atoms with E-state index in [0.717, 1.165) is 0 Å². The zero-order valence-corrected chi connectivity index (χ0v) is 12.0. The molecule has 0 spiro atoms. The Balaban J connectivity index is 2.12. The van der Waals surface area contributed by atoms with Crippen LogP contribution in [0.3, 0.4) is 0 Å². The number of nitrogens with zero attached hydrogens (tertiary/aromatic N) is 2. The minimum absolute atomic E-state index is 0.0674. The van der Waals surface area contributed by atoms with Gasteiger partial charge in [-0.1, -0.05) is 11.6 Å². The van der Waals surface area contributed by atoms with Gasteiger partial charge >= 0.3 is 5.97 Å². The summed E-state index contributed by atoms with van der Waals surface area (Å²) in [6.07, 6.45) is 1.40. The predicted octanol–water partition coefficient (Wildman–Crippen LogP) is 4.09. The van der Waals surface area contributed by atoms with Crippen LogP contribution in [0, 0.1) is 5.82 Å². The van der Waals surface area contributed by atoms with Gasteiger partial charge in [-0.25, -0.2) is 13.9 Å². The predicted molar refractivity (Wildman–Crippen MR) is 78.8 cm³/mol. The molecule has 0 atom stereocenters. The smallest absolute Gasteiger partial charge is 0.339 e. The van der Waals surface area contributed by atoms with Crippen molar-refractivity contribution in [1.82, 2.24) is 9.78 Å². The zero-order valence-electron chi connectivity index (χ0n) is 10.5. The molecule has 0 saturated carbocycles. The first kappa shape index (κ1) is 13.8. The van der Waals surface area contributed by atoms with Gasteiger partial charge in [0.1, 0.15) is 17.1 Å². The maximum Gasteiger partial charge on any atom is 0.339 e. The quantitative estimate of drug-likeness (QED) is 0.790. The molecule has 106 valence electrons. The van der Waals surface area contributed by atoms with Crippen molar-refractivity contribution in [2.24, 2.45) is 0 Å². The number of benzene rings is 1. The molecule has 21 heavy (non-hydrogen) atoms. The molecule has 0 fully saturated rings. The highest BCUT2D eigenvalue weighted by Crippen LogP contribution is 2.32. The Kier molecular flexibility index (Phi) is 3.48. The number of aromatic carboxylic acids is 1. The molecule has 0 aliphatic carbocycles. The van der Waals surface area contributed by atoms with E-state index in [1.165, 1.54) is 46.5 Å². The molecule has 0 bridgehead atoms. The van der Waals surface area contributed by atoms with Crippen LogP contribution >= 0.6 is 22.9 Å². The number of rotatable bonds is 3. The second-order valence-electron chi connectivity index (χ2n) is 4.22. The molecule has 3 rings (SSSR count). The van der Waals surface area contributed by atoms with E-state index in [4.69, 9.17) is 11.6 Å². The van der Waals surface area contributed by atoms with E-state index in [2.05, 4.69) is 5.10 Å². The molecule has 0 unspecified atom stereocenters. The van der Waals surface area contributed by atoms with E-state index >= 15 is 0 Å². The van der Waals surface area contributed by atoms with Gasteiger partial charge in [-0.05, 0) is 36.4 Å². The average molecular weight is 323 g/mol. The van der Waals surface area contributed by atoms with Gasteiger partial charge in [0.05, 0.1) is 14.9 Å². The van der Waals surface area contributed by atoms with Crippen molar-refractivity contribution in [2.75, 3.05) is 0 Å². The van der Waals surface area contributed by atoms with Crippen LogP contribution in [0.15, 0.2) is 42.6 Å². The van der Waals surface area contributed by atoms with Gasteiger partial charge in [0, 0.05) is 6.20 Å². The first-order chi connectivity index (χ1) is 10.0. The number of thiophene rings is 1. The maximum absolute atomic E-state index is 12.9. The van der Waals surface area contributed by atoms with Crippen LogP contribution in [0.4, 0.5) is 4.39 Å². The van der Waals surface area contributed by atoms with E-state index in [-0.39, 0.29) is 11.4 Å². The number of hydrogen-bond acceptors (Lipinski definition) is 3. The first-order valence-electron chi connectivity index (χ1n) is 5.89. The lowest BCUT2D eigenvalue weighted by Crippen LogP contribution is -1.96. The summed E-state index contributed by atoms with van der Waals surface area (Å²) in [5.41, 5.74) is 0.981. The van der Waals surface area contributed by atoms with Crippen molar-refractivity contribution in [3.05, 3.63) is 58.3 Å². The zero-order chi connectivity index (χ0) is 15.0. The summed E-state index contributed by atoms with van der Waals surface area (Å²) in [6, 6.07) is 9.04. The third-order valence-electron chi connectivity index (χ3n) is 2.84. The molecule has 0 radical (unpaired) electrons. The summed E-state index contributed by atoms with van der Waals surface area (Å²) in [6.45, 7) is 0. The minimum Gasteiger partial charge on any atom is -0.478 e. The fourth-order valence-corrected chi connectivity index (χ4v) is 2.92. The molecule has 0 saturated heterocycles. The van der Waals surface area contributed by atoms with Crippen molar-refractivity contribution in [2.45, 2.75) is 0 Å².